The maximum absolute atomic E-state index is 6.17. The molecule has 0 fully saturated rings. The number of halogens is 1. The van der Waals surface area contributed by atoms with E-state index < -0.39 is 0 Å². The summed E-state index contributed by atoms with van der Waals surface area (Å²) in [5.74, 6) is 0.901. The van der Waals surface area contributed by atoms with Gasteiger partial charge in [-0.25, -0.2) is 4.98 Å². The van der Waals surface area contributed by atoms with Crippen LogP contribution in [0, 0.1) is 6.92 Å². The third-order valence-corrected chi connectivity index (χ3v) is 2.66. The summed E-state index contributed by atoms with van der Waals surface area (Å²) in [6.07, 6.45) is 3.63. The second-order valence-electron chi connectivity index (χ2n) is 3.30. The molecule has 3 nitrogen and oxygen atoms in total. The summed E-state index contributed by atoms with van der Waals surface area (Å²) in [6, 6.07) is 5.73. The molecule has 0 atom stereocenters. The second kappa shape index (κ2) is 4.04. The Morgan fingerprint density at radius 2 is 2.27 bits per heavy atom. The lowest BCUT2D eigenvalue weighted by molar-refractivity contribution is 0.937. The number of imidazole rings is 1. The third kappa shape index (κ3) is 1.76. The molecule has 0 amide bonds. The van der Waals surface area contributed by atoms with Crippen LogP contribution in [0.3, 0.4) is 0 Å². The Morgan fingerprint density at radius 1 is 1.47 bits per heavy atom. The van der Waals surface area contributed by atoms with Crippen LogP contribution >= 0.6 is 11.6 Å². The fraction of sp³-hybridized carbons (Fsp3) is 0.182. The first kappa shape index (κ1) is 10.2. The molecule has 0 aliphatic heterocycles. The topological polar surface area (TPSA) is 43.8 Å². The molecule has 0 saturated heterocycles. The molecule has 2 N–H and O–H groups in total. The van der Waals surface area contributed by atoms with E-state index in [1.165, 1.54) is 0 Å². The van der Waals surface area contributed by atoms with Crippen molar-refractivity contribution in [2.75, 3.05) is 0 Å². The highest BCUT2D eigenvalue weighted by Crippen LogP contribution is 2.25. The van der Waals surface area contributed by atoms with Crippen LogP contribution < -0.4 is 5.73 Å². The molecule has 0 aliphatic carbocycles. The first-order valence-electron chi connectivity index (χ1n) is 4.72. The Morgan fingerprint density at radius 3 is 2.87 bits per heavy atom. The minimum Gasteiger partial charge on any atom is -0.326 e. The van der Waals surface area contributed by atoms with Crippen molar-refractivity contribution in [2.24, 2.45) is 5.73 Å². The number of nitrogens with two attached hydrogens (primary N) is 1. The third-order valence-electron chi connectivity index (χ3n) is 2.36. The normalized spacial score (nSPS) is 10.6. The monoisotopic (exact) mass is 221 g/mol. The van der Waals surface area contributed by atoms with Gasteiger partial charge >= 0.3 is 0 Å². The lowest BCUT2D eigenvalue weighted by atomic mass is 10.1. The Kier molecular flexibility index (Phi) is 2.75. The van der Waals surface area contributed by atoms with Crippen LogP contribution in [0.4, 0.5) is 0 Å². The fourth-order valence-electron chi connectivity index (χ4n) is 1.61. The van der Waals surface area contributed by atoms with Gasteiger partial charge in [0.2, 0.25) is 0 Å². The molecule has 1 aromatic carbocycles. The number of benzene rings is 1. The predicted molar refractivity (Wildman–Crippen MR) is 61.2 cm³/mol. The van der Waals surface area contributed by atoms with Crippen LogP contribution in [0.15, 0.2) is 30.6 Å². The van der Waals surface area contributed by atoms with Crippen molar-refractivity contribution in [3.05, 3.63) is 47.0 Å². The second-order valence-corrected chi connectivity index (χ2v) is 3.70. The fourth-order valence-corrected chi connectivity index (χ4v) is 1.89. The minimum absolute atomic E-state index is 0.466. The van der Waals surface area contributed by atoms with E-state index in [0.717, 1.165) is 17.1 Å². The quantitative estimate of drug-likeness (QED) is 0.846. The molecule has 0 radical (unpaired) electrons. The van der Waals surface area contributed by atoms with Crippen molar-refractivity contribution < 1.29 is 0 Å². The van der Waals surface area contributed by atoms with E-state index in [9.17, 15) is 0 Å². The van der Waals surface area contributed by atoms with E-state index in [0.29, 0.717) is 11.6 Å². The van der Waals surface area contributed by atoms with Gasteiger partial charge in [0.05, 0.1) is 10.7 Å². The van der Waals surface area contributed by atoms with Crippen molar-refractivity contribution in [3.8, 4) is 5.69 Å². The van der Waals surface area contributed by atoms with Crippen molar-refractivity contribution in [1.82, 2.24) is 9.55 Å². The molecule has 0 unspecified atom stereocenters. The highest BCUT2D eigenvalue weighted by molar-refractivity contribution is 6.32. The summed E-state index contributed by atoms with van der Waals surface area (Å²) < 4.78 is 1.95. The van der Waals surface area contributed by atoms with Gasteiger partial charge < -0.3 is 10.3 Å². The maximum atomic E-state index is 6.17. The van der Waals surface area contributed by atoms with Crippen LogP contribution in [0.2, 0.25) is 5.02 Å². The molecule has 0 bridgehead atoms. The zero-order valence-corrected chi connectivity index (χ0v) is 9.20. The molecule has 0 saturated carbocycles. The number of rotatable bonds is 2. The maximum Gasteiger partial charge on any atom is 0.110 e. The van der Waals surface area contributed by atoms with Crippen LogP contribution in [-0.2, 0) is 6.54 Å². The Hall–Kier alpha value is -1.32. The van der Waals surface area contributed by atoms with Crippen molar-refractivity contribution in [1.29, 1.82) is 0 Å². The lowest BCUT2D eigenvalue weighted by Crippen LogP contribution is -2.05. The van der Waals surface area contributed by atoms with Gasteiger partial charge in [-0.15, -0.1) is 0 Å². The van der Waals surface area contributed by atoms with E-state index in [-0.39, 0.29) is 0 Å². The molecule has 15 heavy (non-hydrogen) atoms. The summed E-state index contributed by atoms with van der Waals surface area (Å²) in [7, 11) is 0. The molecule has 78 valence electrons. The van der Waals surface area contributed by atoms with Crippen LogP contribution in [0.1, 0.15) is 11.4 Å². The number of aromatic nitrogens is 2. The smallest absolute Gasteiger partial charge is 0.110 e. The van der Waals surface area contributed by atoms with Gasteiger partial charge in [-0.3, -0.25) is 0 Å². The predicted octanol–water partition coefficient (Wildman–Crippen LogP) is 2.29. The largest absolute Gasteiger partial charge is 0.326 e. The summed E-state index contributed by atoms with van der Waals surface area (Å²) in [6.45, 7) is 2.40. The molecule has 1 heterocycles. The Bertz CT molecular complexity index is 476. The van der Waals surface area contributed by atoms with Crippen LogP contribution in [0.25, 0.3) is 5.69 Å². The molecular formula is C11H12ClN3. The minimum atomic E-state index is 0.466. The Balaban J connectivity index is 2.66. The van der Waals surface area contributed by atoms with Gasteiger partial charge in [0.1, 0.15) is 5.82 Å². The number of aryl methyl sites for hydroxylation is 1. The molecule has 2 rings (SSSR count). The summed E-state index contributed by atoms with van der Waals surface area (Å²) >= 11 is 6.17. The van der Waals surface area contributed by atoms with Gasteiger partial charge in [0.25, 0.3) is 0 Å². The number of nitrogens with zero attached hydrogens (tertiary/aromatic N) is 2. The van der Waals surface area contributed by atoms with E-state index in [1.807, 2.05) is 35.9 Å². The average Bonchev–Trinajstić information content (AvgIpc) is 2.64. The molecule has 2 aromatic rings. The van der Waals surface area contributed by atoms with Gasteiger partial charge in [-0.1, -0.05) is 23.7 Å². The van der Waals surface area contributed by atoms with Gasteiger partial charge in [-0.2, -0.15) is 0 Å². The SMILES string of the molecule is Cc1nccn1-c1c(Cl)cccc1CN. The molecule has 4 heteroatoms. The van der Waals surface area contributed by atoms with Gasteiger partial charge in [0, 0.05) is 18.9 Å². The van der Waals surface area contributed by atoms with E-state index >= 15 is 0 Å². The summed E-state index contributed by atoms with van der Waals surface area (Å²) in [4.78, 5) is 4.17. The van der Waals surface area contributed by atoms with E-state index in [1.54, 1.807) is 6.20 Å². The van der Waals surface area contributed by atoms with Gasteiger partial charge in [-0.05, 0) is 18.6 Å². The van der Waals surface area contributed by atoms with Crippen LogP contribution in [0.5, 0.6) is 0 Å². The van der Waals surface area contributed by atoms with Crippen molar-refractivity contribution >= 4 is 11.6 Å². The van der Waals surface area contributed by atoms with Crippen molar-refractivity contribution in [2.45, 2.75) is 13.5 Å². The zero-order chi connectivity index (χ0) is 10.8. The number of hydrogen-bond acceptors (Lipinski definition) is 2. The van der Waals surface area contributed by atoms with Gasteiger partial charge in [0.15, 0.2) is 0 Å². The van der Waals surface area contributed by atoms with E-state index in [4.69, 9.17) is 17.3 Å². The average molecular weight is 222 g/mol. The van der Waals surface area contributed by atoms with Crippen LogP contribution in [-0.4, -0.2) is 9.55 Å². The first-order valence-corrected chi connectivity index (χ1v) is 5.09. The Labute approximate surface area is 93.5 Å². The van der Waals surface area contributed by atoms with E-state index in [2.05, 4.69) is 4.98 Å². The highest BCUT2D eigenvalue weighted by atomic mass is 35.5. The molecule has 0 spiro atoms. The molecule has 1 aromatic heterocycles. The zero-order valence-electron chi connectivity index (χ0n) is 8.44. The first-order chi connectivity index (χ1) is 7.24. The lowest BCUT2D eigenvalue weighted by Gasteiger charge is -2.12. The summed E-state index contributed by atoms with van der Waals surface area (Å²) in [5, 5.41) is 0.694. The highest BCUT2D eigenvalue weighted by Gasteiger charge is 2.09. The standard InChI is InChI=1S/C11H12ClN3/c1-8-14-5-6-15(8)11-9(7-13)3-2-4-10(11)12/h2-6H,7,13H2,1H3. The number of hydrogen-bond donors (Lipinski definition) is 1. The molecular weight excluding hydrogens is 210 g/mol. The van der Waals surface area contributed by atoms with Crippen molar-refractivity contribution in [3.63, 3.8) is 0 Å². The molecule has 0 aliphatic rings. The summed E-state index contributed by atoms with van der Waals surface area (Å²) in [5.41, 5.74) is 7.63. The number of para-hydroxylation sites is 1.